The molecule has 4 atom stereocenters. The molecule has 0 amide bonds. The van der Waals surface area contributed by atoms with E-state index in [1.165, 1.54) is 63.3 Å². The summed E-state index contributed by atoms with van der Waals surface area (Å²) in [4.78, 5) is 0. The van der Waals surface area contributed by atoms with Crippen LogP contribution in [0.15, 0.2) is 36.4 Å². The Morgan fingerprint density at radius 3 is 2.17 bits per heavy atom. The molecule has 156 valence electrons. The van der Waals surface area contributed by atoms with Crippen molar-refractivity contribution in [1.82, 2.24) is 0 Å². The summed E-state index contributed by atoms with van der Waals surface area (Å²) >= 11 is 0. The molecule has 0 N–H and O–H groups in total. The van der Waals surface area contributed by atoms with E-state index in [9.17, 15) is 8.78 Å². The summed E-state index contributed by atoms with van der Waals surface area (Å²) in [5.41, 5.74) is 2.69. The van der Waals surface area contributed by atoms with Crippen LogP contribution in [0.1, 0.15) is 56.9 Å². The van der Waals surface area contributed by atoms with Crippen molar-refractivity contribution in [3.8, 4) is 16.9 Å². The van der Waals surface area contributed by atoms with Gasteiger partial charge in [0.1, 0.15) is 0 Å². The number of hydrogen-bond acceptors (Lipinski definition) is 2. The van der Waals surface area contributed by atoms with Crippen LogP contribution in [0.2, 0.25) is 0 Å². The molecule has 4 unspecified atom stereocenters. The highest BCUT2D eigenvalue weighted by Crippen LogP contribution is 2.46. The lowest BCUT2D eigenvalue weighted by molar-refractivity contribution is -0.00955. The standard InChI is InChI=1S/C25H30F2O2/c1-3-29-22-11-10-19-12-18(8-9-20(19)13-22)16-4-6-17(7-5-16)21-14-23(26)25(28-2)24(27)15-21/h4-7,14-15,18-20,22H,3,8-13H2,1-2H3. The molecule has 2 saturated carbocycles. The largest absolute Gasteiger partial charge is 0.491 e. The fourth-order valence-electron chi connectivity index (χ4n) is 5.41. The number of halogens is 2. The average molecular weight is 401 g/mol. The van der Waals surface area contributed by atoms with Gasteiger partial charge in [-0.2, -0.15) is 0 Å². The summed E-state index contributed by atoms with van der Waals surface area (Å²) in [6, 6.07) is 10.9. The molecule has 0 spiro atoms. The van der Waals surface area contributed by atoms with E-state index in [1.807, 2.05) is 12.1 Å². The molecule has 4 rings (SSSR count). The number of rotatable bonds is 5. The quantitative estimate of drug-likeness (QED) is 0.554. The first-order valence-electron chi connectivity index (χ1n) is 10.8. The third-order valence-electron chi connectivity index (χ3n) is 6.89. The van der Waals surface area contributed by atoms with Gasteiger partial charge < -0.3 is 9.47 Å². The lowest BCUT2D eigenvalue weighted by Crippen LogP contribution is -2.33. The fourth-order valence-corrected chi connectivity index (χ4v) is 5.41. The topological polar surface area (TPSA) is 18.5 Å². The maximum atomic E-state index is 14.0. The van der Waals surface area contributed by atoms with Crippen molar-refractivity contribution in [2.45, 2.75) is 57.5 Å². The molecule has 0 bridgehead atoms. The molecular weight excluding hydrogens is 370 g/mol. The van der Waals surface area contributed by atoms with Gasteiger partial charge >= 0.3 is 0 Å². The van der Waals surface area contributed by atoms with Crippen LogP contribution in [0.3, 0.4) is 0 Å². The SMILES string of the molecule is CCOC1CCC2CC(c3ccc(-c4cc(F)c(OC)c(F)c4)cc3)CCC2C1. The maximum Gasteiger partial charge on any atom is 0.190 e. The van der Waals surface area contributed by atoms with Gasteiger partial charge in [-0.15, -0.1) is 0 Å². The van der Waals surface area contributed by atoms with E-state index < -0.39 is 11.6 Å². The third-order valence-corrected chi connectivity index (χ3v) is 6.89. The number of methoxy groups -OCH3 is 1. The Bertz CT molecular complexity index is 810. The highest BCUT2D eigenvalue weighted by molar-refractivity contribution is 5.65. The molecule has 2 aromatic carbocycles. The van der Waals surface area contributed by atoms with Gasteiger partial charge in [0.2, 0.25) is 0 Å². The van der Waals surface area contributed by atoms with Crippen molar-refractivity contribution >= 4 is 0 Å². The van der Waals surface area contributed by atoms with Crippen LogP contribution in [-0.2, 0) is 4.74 Å². The van der Waals surface area contributed by atoms with E-state index in [0.717, 1.165) is 24.0 Å². The van der Waals surface area contributed by atoms with E-state index in [2.05, 4.69) is 19.1 Å². The van der Waals surface area contributed by atoms with Crippen LogP contribution in [0, 0.1) is 23.5 Å². The van der Waals surface area contributed by atoms with Crippen molar-refractivity contribution in [1.29, 1.82) is 0 Å². The molecule has 0 radical (unpaired) electrons. The first-order valence-corrected chi connectivity index (χ1v) is 10.8. The normalized spacial score (nSPS) is 26.8. The van der Waals surface area contributed by atoms with Crippen LogP contribution in [0.4, 0.5) is 8.78 Å². The molecule has 2 nitrogen and oxygen atoms in total. The summed E-state index contributed by atoms with van der Waals surface area (Å²) in [5.74, 6) is 0.510. The summed E-state index contributed by atoms with van der Waals surface area (Å²) < 4.78 is 38.7. The van der Waals surface area contributed by atoms with Gasteiger partial charge in [0.15, 0.2) is 17.4 Å². The van der Waals surface area contributed by atoms with E-state index in [0.29, 0.717) is 17.6 Å². The number of hydrogen-bond donors (Lipinski definition) is 0. The van der Waals surface area contributed by atoms with Gasteiger partial charge in [0.25, 0.3) is 0 Å². The van der Waals surface area contributed by atoms with Gasteiger partial charge in [-0.1, -0.05) is 24.3 Å². The second-order valence-electron chi connectivity index (χ2n) is 8.52. The Kier molecular flexibility index (Phi) is 6.19. The molecule has 4 heteroatoms. The minimum atomic E-state index is -0.674. The predicted molar refractivity (Wildman–Crippen MR) is 111 cm³/mol. The van der Waals surface area contributed by atoms with Gasteiger partial charge in [0, 0.05) is 6.61 Å². The zero-order valence-electron chi connectivity index (χ0n) is 17.3. The Morgan fingerprint density at radius 1 is 0.862 bits per heavy atom. The van der Waals surface area contributed by atoms with Crippen molar-refractivity contribution in [3.63, 3.8) is 0 Å². The van der Waals surface area contributed by atoms with Crippen LogP contribution < -0.4 is 4.74 Å². The second-order valence-corrected chi connectivity index (χ2v) is 8.52. The molecule has 0 aliphatic heterocycles. The molecule has 2 aliphatic rings. The second kappa shape index (κ2) is 8.83. The minimum Gasteiger partial charge on any atom is -0.491 e. The molecule has 2 aromatic rings. The summed E-state index contributed by atoms with van der Waals surface area (Å²) in [5, 5.41) is 0. The first-order chi connectivity index (χ1) is 14.1. The summed E-state index contributed by atoms with van der Waals surface area (Å²) in [7, 11) is 1.27. The van der Waals surface area contributed by atoms with Crippen LogP contribution >= 0.6 is 0 Å². The minimum absolute atomic E-state index is 0.332. The van der Waals surface area contributed by atoms with Crippen LogP contribution in [0.25, 0.3) is 11.1 Å². The molecule has 0 saturated heterocycles. The van der Waals surface area contributed by atoms with Crippen molar-refractivity contribution < 1.29 is 18.3 Å². The van der Waals surface area contributed by atoms with E-state index >= 15 is 0 Å². The third kappa shape index (κ3) is 4.32. The molecule has 29 heavy (non-hydrogen) atoms. The van der Waals surface area contributed by atoms with Crippen molar-refractivity contribution in [2.75, 3.05) is 13.7 Å². The van der Waals surface area contributed by atoms with Crippen molar-refractivity contribution in [2.24, 2.45) is 11.8 Å². The first kappa shape index (κ1) is 20.3. The zero-order chi connectivity index (χ0) is 20.4. The van der Waals surface area contributed by atoms with E-state index in [4.69, 9.17) is 9.47 Å². The smallest absolute Gasteiger partial charge is 0.190 e. The zero-order valence-corrected chi connectivity index (χ0v) is 17.3. The molecule has 2 fully saturated rings. The monoisotopic (exact) mass is 400 g/mol. The predicted octanol–water partition coefficient (Wildman–Crippen LogP) is 6.73. The van der Waals surface area contributed by atoms with Crippen LogP contribution in [-0.4, -0.2) is 19.8 Å². The Balaban J connectivity index is 1.44. The summed E-state index contributed by atoms with van der Waals surface area (Å²) in [6.07, 6.45) is 7.87. The maximum absolute atomic E-state index is 14.0. The molecule has 2 aliphatic carbocycles. The fraction of sp³-hybridized carbons (Fsp3) is 0.520. The van der Waals surface area contributed by atoms with Crippen molar-refractivity contribution in [3.05, 3.63) is 53.6 Å². The lowest BCUT2D eigenvalue weighted by atomic mass is 9.65. The molecule has 0 heterocycles. The van der Waals surface area contributed by atoms with Crippen LogP contribution in [0.5, 0.6) is 5.75 Å². The molecule has 0 aromatic heterocycles. The Hall–Kier alpha value is -1.94. The number of benzene rings is 2. The Labute approximate surface area is 172 Å². The van der Waals surface area contributed by atoms with E-state index in [-0.39, 0.29) is 5.75 Å². The Morgan fingerprint density at radius 2 is 1.52 bits per heavy atom. The highest BCUT2D eigenvalue weighted by Gasteiger charge is 2.36. The molecular formula is C25H30F2O2. The number of ether oxygens (including phenoxy) is 2. The summed E-state index contributed by atoms with van der Waals surface area (Å²) in [6.45, 7) is 2.90. The van der Waals surface area contributed by atoms with Gasteiger partial charge in [-0.3, -0.25) is 0 Å². The average Bonchev–Trinajstić information content (AvgIpc) is 2.73. The lowest BCUT2D eigenvalue weighted by Gasteiger charge is -2.42. The van der Waals surface area contributed by atoms with Gasteiger partial charge in [-0.05, 0) is 92.0 Å². The van der Waals surface area contributed by atoms with Gasteiger partial charge in [-0.25, -0.2) is 8.78 Å². The van der Waals surface area contributed by atoms with E-state index in [1.54, 1.807) is 0 Å². The highest BCUT2D eigenvalue weighted by atomic mass is 19.1. The van der Waals surface area contributed by atoms with Gasteiger partial charge in [0.05, 0.1) is 13.2 Å². The number of fused-ring (bicyclic) bond motifs is 1.